The fraction of sp³-hybridized carbons (Fsp3) is 0.588. The minimum Gasteiger partial charge on any atom is -0.483 e. The normalized spacial score (nSPS) is 21.8. The fourth-order valence-electron chi connectivity index (χ4n) is 2.75. The maximum atomic E-state index is 11.8. The van der Waals surface area contributed by atoms with Crippen LogP contribution in [0, 0.1) is 5.92 Å². The summed E-state index contributed by atoms with van der Waals surface area (Å²) in [6.45, 7) is 3.19. The molecule has 1 atom stereocenters. The van der Waals surface area contributed by atoms with Crippen molar-refractivity contribution in [2.24, 2.45) is 5.92 Å². The standard InChI is InChI=1S/C17H24N2O3/c20-15-7-8-19(11-15)10-14-3-1-2-4-16(14)22-12-17(21)18-9-13-5-6-13/h1-4,13,15,20H,5-12H2,(H,18,21)/t15-/m1/s1. The summed E-state index contributed by atoms with van der Waals surface area (Å²) in [5.41, 5.74) is 1.06. The molecule has 0 bridgehead atoms. The molecule has 2 aliphatic rings. The van der Waals surface area contributed by atoms with Crippen LogP contribution in [0.3, 0.4) is 0 Å². The van der Waals surface area contributed by atoms with Crippen molar-refractivity contribution in [2.45, 2.75) is 31.9 Å². The molecule has 3 rings (SSSR count). The van der Waals surface area contributed by atoms with E-state index < -0.39 is 0 Å². The molecule has 1 aliphatic heterocycles. The molecule has 5 heteroatoms. The minimum absolute atomic E-state index is 0.0571. The summed E-state index contributed by atoms with van der Waals surface area (Å²) in [5, 5.41) is 12.5. The number of nitrogens with one attached hydrogen (secondary N) is 1. The third kappa shape index (κ3) is 4.45. The first kappa shape index (κ1) is 15.3. The number of likely N-dealkylation sites (tertiary alicyclic amines) is 1. The van der Waals surface area contributed by atoms with Gasteiger partial charge >= 0.3 is 0 Å². The van der Waals surface area contributed by atoms with Crippen molar-refractivity contribution in [3.05, 3.63) is 29.8 Å². The molecule has 120 valence electrons. The second-order valence-corrected chi connectivity index (χ2v) is 6.32. The highest BCUT2D eigenvalue weighted by Gasteiger charge is 2.22. The fourth-order valence-corrected chi connectivity index (χ4v) is 2.75. The highest BCUT2D eigenvalue weighted by Crippen LogP contribution is 2.27. The van der Waals surface area contributed by atoms with Crippen molar-refractivity contribution in [1.82, 2.24) is 10.2 Å². The van der Waals surface area contributed by atoms with Crippen molar-refractivity contribution in [3.63, 3.8) is 0 Å². The Kier molecular flexibility index (Phi) is 4.95. The zero-order valence-electron chi connectivity index (χ0n) is 12.8. The van der Waals surface area contributed by atoms with Gasteiger partial charge in [0.25, 0.3) is 5.91 Å². The lowest BCUT2D eigenvalue weighted by Gasteiger charge is -2.17. The number of nitrogens with zero attached hydrogens (tertiary/aromatic N) is 1. The summed E-state index contributed by atoms with van der Waals surface area (Å²) in [6, 6.07) is 7.81. The Bertz CT molecular complexity index is 516. The number of benzene rings is 1. The summed E-state index contributed by atoms with van der Waals surface area (Å²) in [6.07, 6.45) is 3.06. The number of para-hydroxylation sites is 1. The quantitative estimate of drug-likeness (QED) is 0.793. The average Bonchev–Trinajstić information content (AvgIpc) is 3.26. The van der Waals surface area contributed by atoms with Gasteiger partial charge < -0.3 is 15.2 Å². The van der Waals surface area contributed by atoms with Gasteiger partial charge in [-0.1, -0.05) is 18.2 Å². The minimum atomic E-state index is -0.221. The highest BCUT2D eigenvalue weighted by atomic mass is 16.5. The molecule has 0 radical (unpaired) electrons. The first-order chi connectivity index (χ1) is 10.7. The van der Waals surface area contributed by atoms with Gasteiger partial charge in [-0.05, 0) is 31.2 Å². The smallest absolute Gasteiger partial charge is 0.257 e. The second-order valence-electron chi connectivity index (χ2n) is 6.32. The van der Waals surface area contributed by atoms with Crippen LogP contribution in [0.5, 0.6) is 5.75 Å². The summed E-state index contributed by atoms with van der Waals surface area (Å²) in [4.78, 5) is 14.0. The molecule has 1 saturated carbocycles. The Morgan fingerprint density at radius 2 is 2.14 bits per heavy atom. The van der Waals surface area contributed by atoms with E-state index in [1.807, 2.05) is 24.3 Å². The van der Waals surface area contributed by atoms with Crippen LogP contribution in [0.15, 0.2) is 24.3 Å². The Morgan fingerprint density at radius 3 is 2.86 bits per heavy atom. The van der Waals surface area contributed by atoms with Gasteiger partial charge in [-0.25, -0.2) is 0 Å². The first-order valence-electron chi connectivity index (χ1n) is 8.08. The van der Waals surface area contributed by atoms with Gasteiger partial charge in [0.2, 0.25) is 0 Å². The molecule has 0 unspecified atom stereocenters. The van der Waals surface area contributed by atoms with Gasteiger partial charge in [-0.3, -0.25) is 9.69 Å². The van der Waals surface area contributed by atoms with Gasteiger partial charge in [0.05, 0.1) is 6.10 Å². The summed E-state index contributed by atoms with van der Waals surface area (Å²) >= 11 is 0. The molecule has 22 heavy (non-hydrogen) atoms. The van der Waals surface area contributed by atoms with Crippen molar-refractivity contribution >= 4 is 5.91 Å². The van der Waals surface area contributed by atoms with Crippen LogP contribution in [0.4, 0.5) is 0 Å². The van der Waals surface area contributed by atoms with E-state index in [4.69, 9.17) is 4.74 Å². The lowest BCUT2D eigenvalue weighted by atomic mass is 10.2. The van der Waals surface area contributed by atoms with Crippen molar-refractivity contribution < 1.29 is 14.6 Å². The van der Waals surface area contributed by atoms with E-state index in [0.29, 0.717) is 12.5 Å². The molecule has 1 aromatic carbocycles. The van der Waals surface area contributed by atoms with Gasteiger partial charge in [0.1, 0.15) is 5.75 Å². The number of rotatable bonds is 7. The average molecular weight is 304 g/mol. The van der Waals surface area contributed by atoms with Crippen LogP contribution in [0.1, 0.15) is 24.8 Å². The van der Waals surface area contributed by atoms with Gasteiger partial charge in [-0.15, -0.1) is 0 Å². The van der Waals surface area contributed by atoms with Crippen LogP contribution in [0.25, 0.3) is 0 Å². The first-order valence-corrected chi connectivity index (χ1v) is 8.08. The molecule has 1 heterocycles. The molecule has 2 fully saturated rings. The number of carbonyl (C=O) groups excluding carboxylic acids is 1. The molecule has 1 saturated heterocycles. The Morgan fingerprint density at radius 1 is 1.32 bits per heavy atom. The molecule has 5 nitrogen and oxygen atoms in total. The zero-order chi connectivity index (χ0) is 15.4. The molecular formula is C17H24N2O3. The molecule has 1 amide bonds. The van der Waals surface area contributed by atoms with Crippen LogP contribution in [-0.4, -0.2) is 48.3 Å². The lowest BCUT2D eigenvalue weighted by Crippen LogP contribution is -2.30. The van der Waals surface area contributed by atoms with E-state index in [0.717, 1.165) is 37.4 Å². The number of carbonyl (C=O) groups is 1. The predicted molar refractivity (Wildman–Crippen MR) is 83.6 cm³/mol. The lowest BCUT2D eigenvalue weighted by molar-refractivity contribution is -0.123. The van der Waals surface area contributed by atoms with E-state index in [-0.39, 0.29) is 18.6 Å². The van der Waals surface area contributed by atoms with Crippen molar-refractivity contribution in [2.75, 3.05) is 26.2 Å². The largest absolute Gasteiger partial charge is 0.483 e. The SMILES string of the molecule is O=C(COc1ccccc1CN1CC[C@@H](O)C1)NCC1CC1. The van der Waals surface area contributed by atoms with Crippen LogP contribution < -0.4 is 10.1 Å². The maximum absolute atomic E-state index is 11.8. The Balaban J connectivity index is 1.50. The molecular weight excluding hydrogens is 280 g/mol. The third-order valence-corrected chi connectivity index (χ3v) is 4.26. The number of aliphatic hydroxyl groups is 1. The van der Waals surface area contributed by atoms with Crippen LogP contribution in [-0.2, 0) is 11.3 Å². The molecule has 1 aliphatic carbocycles. The van der Waals surface area contributed by atoms with E-state index >= 15 is 0 Å². The van der Waals surface area contributed by atoms with E-state index in [2.05, 4.69) is 10.2 Å². The van der Waals surface area contributed by atoms with E-state index in [9.17, 15) is 9.90 Å². The van der Waals surface area contributed by atoms with Gasteiger partial charge in [-0.2, -0.15) is 0 Å². The summed E-state index contributed by atoms with van der Waals surface area (Å²) < 4.78 is 5.69. The van der Waals surface area contributed by atoms with Gasteiger partial charge in [0, 0.05) is 31.7 Å². The predicted octanol–water partition coefficient (Wildman–Crippen LogP) is 1.16. The number of hydrogen-bond acceptors (Lipinski definition) is 4. The number of ether oxygens (including phenoxy) is 1. The second kappa shape index (κ2) is 7.11. The molecule has 0 aromatic heterocycles. The third-order valence-electron chi connectivity index (χ3n) is 4.26. The summed E-state index contributed by atoms with van der Waals surface area (Å²) in [7, 11) is 0. The van der Waals surface area contributed by atoms with Crippen molar-refractivity contribution in [3.8, 4) is 5.75 Å². The monoisotopic (exact) mass is 304 g/mol. The number of hydrogen-bond donors (Lipinski definition) is 2. The Labute approximate surface area is 131 Å². The Hall–Kier alpha value is -1.59. The van der Waals surface area contributed by atoms with Gasteiger partial charge in [0.15, 0.2) is 6.61 Å². The van der Waals surface area contributed by atoms with Crippen molar-refractivity contribution in [1.29, 1.82) is 0 Å². The summed E-state index contributed by atoms with van der Waals surface area (Å²) in [5.74, 6) is 1.38. The number of aliphatic hydroxyl groups excluding tert-OH is 1. The van der Waals surface area contributed by atoms with Crippen LogP contribution >= 0.6 is 0 Å². The van der Waals surface area contributed by atoms with E-state index in [1.165, 1.54) is 12.8 Å². The van der Waals surface area contributed by atoms with Crippen LogP contribution in [0.2, 0.25) is 0 Å². The van der Waals surface area contributed by atoms with E-state index in [1.54, 1.807) is 0 Å². The number of amides is 1. The highest BCUT2D eigenvalue weighted by molar-refractivity contribution is 5.77. The molecule has 1 aromatic rings. The molecule has 2 N–H and O–H groups in total. The maximum Gasteiger partial charge on any atom is 0.257 e. The molecule has 0 spiro atoms. The topological polar surface area (TPSA) is 61.8 Å². The number of β-amino-alcohol motifs (C(OH)–C–C–N with tert-alkyl or cyclic N) is 1. The zero-order valence-corrected chi connectivity index (χ0v) is 12.8.